The fourth-order valence-corrected chi connectivity index (χ4v) is 5.78. The van der Waals surface area contributed by atoms with Crippen molar-refractivity contribution in [1.82, 2.24) is 9.21 Å². The fourth-order valence-electron chi connectivity index (χ4n) is 2.90. The summed E-state index contributed by atoms with van der Waals surface area (Å²) in [5.74, 6) is -0.153. The van der Waals surface area contributed by atoms with Gasteiger partial charge in [0.15, 0.2) is 0 Å². The maximum absolute atomic E-state index is 12.9. The molecule has 0 aliphatic carbocycles. The lowest BCUT2D eigenvalue weighted by atomic mass is 10.2. The van der Waals surface area contributed by atoms with Crippen LogP contribution in [0.15, 0.2) is 16.3 Å². The summed E-state index contributed by atoms with van der Waals surface area (Å²) in [4.78, 5) is 15.1. The molecular formula is C16H26N2O3S2. The summed E-state index contributed by atoms with van der Waals surface area (Å²) in [5.41, 5.74) is 0. The molecule has 1 aromatic rings. The van der Waals surface area contributed by atoms with E-state index in [0.717, 1.165) is 32.1 Å². The first-order valence-electron chi connectivity index (χ1n) is 8.39. The minimum atomic E-state index is -3.56. The Kier molecular flexibility index (Phi) is 6.61. The van der Waals surface area contributed by atoms with Crippen LogP contribution in [0.2, 0.25) is 0 Å². The predicted octanol–water partition coefficient (Wildman–Crippen LogP) is 3.18. The highest BCUT2D eigenvalue weighted by atomic mass is 32.2. The van der Waals surface area contributed by atoms with Crippen LogP contribution < -0.4 is 0 Å². The zero-order valence-corrected chi connectivity index (χ0v) is 15.6. The average molecular weight is 359 g/mol. The molecule has 1 saturated heterocycles. The number of thiophene rings is 1. The van der Waals surface area contributed by atoms with E-state index in [2.05, 4.69) is 0 Å². The van der Waals surface area contributed by atoms with E-state index >= 15 is 0 Å². The van der Waals surface area contributed by atoms with Gasteiger partial charge in [-0.3, -0.25) is 4.79 Å². The number of nitrogens with zero attached hydrogens (tertiary/aromatic N) is 2. The van der Waals surface area contributed by atoms with Crippen molar-refractivity contribution in [3.63, 3.8) is 0 Å². The van der Waals surface area contributed by atoms with Gasteiger partial charge in [-0.05, 0) is 37.1 Å². The number of hydrogen-bond acceptors (Lipinski definition) is 4. The molecule has 0 radical (unpaired) electrons. The molecule has 0 bridgehead atoms. The van der Waals surface area contributed by atoms with Crippen molar-refractivity contribution >= 4 is 27.3 Å². The first-order valence-corrected chi connectivity index (χ1v) is 10.7. The van der Waals surface area contributed by atoms with Crippen molar-refractivity contribution in [2.24, 2.45) is 0 Å². The minimum absolute atomic E-state index is 0.153. The van der Waals surface area contributed by atoms with E-state index in [1.165, 1.54) is 15.6 Å². The molecule has 1 aromatic heterocycles. The highest BCUT2D eigenvalue weighted by molar-refractivity contribution is 7.89. The van der Waals surface area contributed by atoms with Crippen molar-refractivity contribution in [3.8, 4) is 0 Å². The molecule has 130 valence electrons. The molecule has 0 saturated carbocycles. The number of amides is 1. The summed E-state index contributed by atoms with van der Waals surface area (Å²) < 4.78 is 27.3. The number of rotatable bonds is 7. The topological polar surface area (TPSA) is 57.7 Å². The molecule has 0 atom stereocenters. The second-order valence-corrected chi connectivity index (χ2v) is 8.69. The highest BCUT2D eigenvalue weighted by Crippen LogP contribution is 2.28. The third kappa shape index (κ3) is 4.14. The van der Waals surface area contributed by atoms with Crippen LogP contribution in [-0.2, 0) is 10.0 Å². The molecule has 2 heterocycles. The van der Waals surface area contributed by atoms with Crippen LogP contribution in [0.1, 0.15) is 55.6 Å². The molecule has 1 fully saturated rings. The van der Waals surface area contributed by atoms with E-state index in [4.69, 9.17) is 0 Å². The van der Waals surface area contributed by atoms with Crippen molar-refractivity contribution in [2.45, 2.75) is 50.8 Å². The van der Waals surface area contributed by atoms with Crippen LogP contribution in [0.5, 0.6) is 0 Å². The molecule has 0 N–H and O–H groups in total. The van der Waals surface area contributed by atoms with Gasteiger partial charge >= 0.3 is 0 Å². The average Bonchev–Trinajstić information content (AvgIpc) is 3.05. The SMILES string of the molecule is CCCN(CCC)C(=O)c1sccc1S(=O)(=O)N1CCCCC1. The van der Waals surface area contributed by atoms with Gasteiger partial charge in [-0.25, -0.2) is 8.42 Å². The van der Waals surface area contributed by atoms with Gasteiger partial charge in [0.05, 0.1) is 0 Å². The van der Waals surface area contributed by atoms with E-state index in [0.29, 0.717) is 31.1 Å². The van der Waals surface area contributed by atoms with Gasteiger partial charge in [0.25, 0.3) is 5.91 Å². The number of carbonyl (C=O) groups is 1. The molecule has 7 heteroatoms. The third-order valence-corrected chi connectivity index (χ3v) is 7.00. The summed E-state index contributed by atoms with van der Waals surface area (Å²) in [7, 11) is -3.56. The molecule has 1 amide bonds. The maximum Gasteiger partial charge on any atom is 0.265 e. The lowest BCUT2D eigenvalue weighted by molar-refractivity contribution is 0.0756. The molecule has 2 rings (SSSR count). The van der Waals surface area contributed by atoms with E-state index < -0.39 is 10.0 Å². The van der Waals surface area contributed by atoms with Crippen molar-refractivity contribution < 1.29 is 13.2 Å². The van der Waals surface area contributed by atoms with Gasteiger partial charge in [-0.2, -0.15) is 4.31 Å². The van der Waals surface area contributed by atoms with Crippen LogP contribution in [0.25, 0.3) is 0 Å². The van der Waals surface area contributed by atoms with Gasteiger partial charge in [-0.15, -0.1) is 11.3 Å². The molecule has 1 aliphatic rings. The molecule has 23 heavy (non-hydrogen) atoms. The summed E-state index contributed by atoms with van der Waals surface area (Å²) >= 11 is 1.23. The van der Waals surface area contributed by atoms with E-state index in [-0.39, 0.29) is 10.8 Å². The Morgan fingerprint density at radius 2 is 1.78 bits per heavy atom. The molecule has 0 spiro atoms. The Morgan fingerprint density at radius 1 is 1.17 bits per heavy atom. The molecule has 0 unspecified atom stereocenters. The van der Waals surface area contributed by atoms with Gasteiger partial charge in [0.1, 0.15) is 9.77 Å². The zero-order valence-electron chi connectivity index (χ0n) is 14.0. The Hall–Kier alpha value is -0.920. The Labute approximate surface area is 143 Å². The Bertz CT molecular complexity index is 613. The molecule has 5 nitrogen and oxygen atoms in total. The first-order chi connectivity index (χ1) is 11.0. The van der Waals surface area contributed by atoms with Crippen LogP contribution in [0.3, 0.4) is 0 Å². The Morgan fingerprint density at radius 3 is 2.35 bits per heavy atom. The van der Waals surface area contributed by atoms with Crippen LogP contribution in [0.4, 0.5) is 0 Å². The minimum Gasteiger partial charge on any atom is -0.338 e. The maximum atomic E-state index is 12.9. The number of piperidine rings is 1. The summed E-state index contributed by atoms with van der Waals surface area (Å²) in [6.45, 7) is 6.48. The van der Waals surface area contributed by atoms with Crippen LogP contribution in [0, 0.1) is 0 Å². The lowest BCUT2D eigenvalue weighted by Crippen LogP contribution is -2.37. The van der Waals surface area contributed by atoms with Gasteiger partial charge in [0, 0.05) is 26.2 Å². The van der Waals surface area contributed by atoms with Crippen molar-refractivity contribution in [2.75, 3.05) is 26.2 Å². The van der Waals surface area contributed by atoms with Gasteiger partial charge in [-0.1, -0.05) is 20.3 Å². The lowest BCUT2D eigenvalue weighted by Gasteiger charge is -2.26. The van der Waals surface area contributed by atoms with Crippen molar-refractivity contribution in [1.29, 1.82) is 0 Å². The largest absolute Gasteiger partial charge is 0.338 e. The van der Waals surface area contributed by atoms with Crippen molar-refractivity contribution in [3.05, 3.63) is 16.3 Å². The van der Waals surface area contributed by atoms with Gasteiger partial charge < -0.3 is 4.90 Å². The normalized spacial score (nSPS) is 16.4. The summed E-state index contributed by atoms with van der Waals surface area (Å²) in [6.07, 6.45) is 4.59. The highest BCUT2D eigenvalue weighted by Gasteiger charge is 2.32. The van der Waals surface area contributed by atoms with E-state index in [1.807, 2.05) is 13.8 Å². The number of sulfonamides is 1. The standard InChI is InChI=1S/C16H26N2O3S2/c1-3-9-17(10-4-2)16(19)15-14(8-13-22-15)23(20,21)18-11-6-5-7-12-18/h8,13H,3-7,9-12H2,1-2H3. The van der Waals surface area contributed by atoms with E-state index in [1.54, 1.807) is 16.3 Å². The smallest absolute Gasteiger partial charge is 0.265 e. The van der Waals surface area contributed by atoms with Gasteiger partial charge in [0.2, 0.25) is 10.0 Å². The van der Waals surface area contributed by atoms with Crippen LogP contribution in [-0.4, -0.2) is 49.7 Å². The second-order valence-electron chi connectivity index (χ2n) is 5.87. The molecular weight excluding hydrogens is 332 g/mol. The van der Waals surface area contributed by atoms with Crippen LogP contribution >= 0.6 is 11.3 Å². The number of hydrogen-bond donors (Lipinski definition) is 0. The monoisotopic (exact) mass is 358 g/mol. The van der Waals surface area contributed by atoms with E-state index in [9.17, 15) is 13.2 Å². The fraction of sp³-hybridized carbons (Fsp3) is 0.688. The second kappa shape index (κ2) is 8.26. The zero-order chi connectivity index (χ0) is 16.9. The number of carbonyl (C=O) groups excluding carboxylic acids is 1. The molecule has 0 aromatic carbocycles. The molecule has 1 aliphatic heterocycles. The first kappa shape index (κ1) is 18.4. The summed E-state index contributed by atoms with van der Waals surface area (Å²) in [5, 5.41) is 1.71. The third-order valence-electron chi connectivity index (χ3n) is 4.03. The Balaban J connectivity index is 2.29. The quantitative estimate of drug-likeness (QED) is 0.752. The summed E-state index contributed by atoms with van der Waals surface area (Å²) in [6, 6.07) is 1.58. The predicted molar refractivity (Wildman–Crippen MR) is 93.4 cm³/mol.